The van der Waals surface area contributed by atoms with E-state index in [0.717, 1.165) is 19.3 Å². The smallest absolute Gasteiger partial charge is 0.338 e. The first-order chi connectivity index (χ1) is 28.7. The molecule has 3 aromatic rings. The maximum Gasteiger partial charge on any atom is 0.338 e. The van der Waals surface area contributed by atoms with Crippen LogP contribution in [-0.2, 0) is 28.5 Å². The summed E-state index contributed by atoms with van der Waals surface area (Å²) in [6.45, 7) is 13.1. The van der Waals surface area contributed by atoms with Crippen LogP contribution in [0.1, 0.15) is 118 Å². The van der Waals surface area contributed by atoms with Crippen LogP contribution in [0.3, 0.4) is 0 Å². The highest BCUT2D eigenvalue weighted by molar-refractivity contribution is 5.91. The van der Waals surface area contributed by atoms with Crippen molar-refractivity contribution in [3.63, 3.8) is 0 Å². The lowest BCUT2D eigenvalue weighted by atomic mass is 9.41. The minimum Gasteiger partial charge on any atom is -0.462 e. The molecule has 5 aliphatic rings. The molecule has 9 nitrogen and oxygen atoms in total. The van der Waals surface area contributed by atoms with Gasteiger partial charge >= 0.3 is 23.9 Å². The largest absolute Gasteiger partial charge is 0.462 e. The van der Waals surface area contributed by atoms with E-state index in [9.17, 15) is 24.0 Å². The average Bonchev–Trinajstić information content (AvgIpc) is 3.52. The molecule has 4 aliphatic carbocycles. The Labute approximate surface area is 354 Å². The molecular weight excluding hydrogens is 757 g/mol. The van der Waals surface area contributed by atoms with Crippen LogP contribution in [0.2, 0.25) is 0 Å². The van der Waals surface area contributed by atoms with E-state index in [1.807, 2.05) is 18.2 Å². The fourth-order valence-electron chi connectivity index (χ4n) is 13.0. The number of rotatable bonds is 9. The number of carbonyl (C=O) groups excluding carboxylic acids is 5. The Morgan fingerprint density at radius 1 is 0.683 bits per heavy atom. The van der Waals surface area contributed by atoms with Crippen LogP contribution < -0.4 is 0 Å². The number of hydrogen-bond acceptors (Lipinski definition) is 9. The van der Waals surface area contributed by atoms with Crippen molar-refractivity contribution in [3.05, 3.63) is 108 Å². The number of carbonyl (C=O) groups is 5. The number of cyclic esters (lactones) is 1. The third-order valence-corrected chi connectivity index (χ3v) is 16.1. The molecule has 9 heteroatoms. The van der Waals surface area contributed by atoms with E-state index in [2.05, 4.69) is 41.5 Å². The summed E-state index contributed by atoms with van der Waals surface area (Å²) in [4.78, 5) is 69.8. The SMILES string of the molecule is CC(C)C1CC(=O)OC(C(C)C2CC(=O)C3C4C(CC[C@]23C)[C@@]2(C)CC[C@@H](OC(=O)c3ccccc3)[C@H](OC(=O)c3ccccc3)C2[C@@H](C)[C@@H]4OC(=O)c2ccccc2)C1. The number of benzene rings is 3. The van der Waals surface area contributed by atoms with Crippen molar-refractivity contribution in [2.75, 3.05) is 0 Å². The third kappa shape index (κ3) is 7.48. The number of fused-ring (bicyclic) bond motifs is 5. The first-order valence-electron chi connectivity index (χ1n) is 22.2. The molecule has 1 saturated heterocycles. The third-order valence-electron chi connectivity index (χ3n) is 16.1. The minimum absolute atomic E-state index is 0.0151. The Morgan fingerprint density at radius 3 is 1.75 bits per heavy atom. The summed E-state index contributed by atoms with van der Waals surface area (Å²) in [6, 6.07) is 26.6. The van der Waals surface area contributed by atoms with Crippen molar-refractivity contribution < 1.29 is 42.9 Å². The molecule has 0 aromatic heterocycles. The summed E-state index contributed by atoms with van der Waals surface area (Å²) < 4.78 is 25.7. The van der Waals surface area contributed by atoms with E-state index in [1.165, 1.54) is 0 Å². The van der Waals surface area contributed by atoms with Crippen LogP contribution >= 0.6 is 0 Å². The first kappa shape index (κ1) is 41.9. The second-order valence-electron chi connectivity index (χ2n) is 19.5. The summed E-state index contributed by atoms with van der Waals surface area (Å²) in [7, 11) is 0. The number of esters is 4. The van der Waals surface area contributed by atoms with Crippen molar-refractivity contribution in [2.24, 2.45) is 64.1 Å². The maximum absolute atomic E-state index is 14.9. The predicted molar refractivity (Wildman–Crippen MR) is 224 cm³/mol. The quantitative estimate of drug-likeness (QED) is 0.154. The molecule has 0 N–H and O–H groups in total. The molecule has 1 aliphatic heterocycles. The monoisotopic (exact) mass is 816 g/mol. The van der Waals surface area contributed by atoms with Crippen LogP contribution in [0.5, 0.6) is 0 Å². The van der Waals surface area contributed by atoms with Crippen LogP contribution in [0.25, 0.3) is 0 Å². The Morgan fingerprint density at radius 2 is 1.20 bits per heavy atom. The van der Waals surface area contributed by atoms with Gasteiger partial charge < -0.3 is 18.9 Å². The van der Waals surface area contributed by atoms with Crippen molar-refractivity contribution in [2.45, 2.75) is 111 Å². The molecule has 318 valence electrons. The molecule has 0 spiro atoms. The molecule has 8 rings (SSSR count). The van der Waals surface area contributed by atoms with Crippen LogP contribution in [0, 0.1) is 64.1 Å². The van der Waals surface area contributed by atoms with Gasteiger partial charge in [-0.1, -0.05) is 96.1 Å². The number of Topliss-reactive ketones (excluding diaryl/α,β-unsaturated/α-hetero) is 1. The topological polar surface area (TPSA) is 122 Å². The van der Waals surface area contributed by atoms with Crippen molar-refractivity contribution in [1.29, 1.82) is 0 Å². The number of ketones is 1. The normalized spacial score (nSPS) is 36.5. The molecule has 1 heterocycles. The highest BCUT2D eigenvalue weighted by Gasteiger charge is 2.70. The van der Waals surface area contributed by atoms with E-state index in [1.54, 1.807) is 72.8 Å². The summed E-state index contributed by atoms with van der Waals surface area (Å²) in [5.41, 5.74) is 0.326. The van der Waals surface area contributed by atoms with Crippen LogP contribution in [-0.4, -0.2) is 54.1 Å². The lowest BCUT2D eigenvalue weighted by Crippen LogP contribution is -2.67. The Bertz CT molecular complexity index is 2070. The molecule has 5 fully saturated rings. The molecule has 8 unspecified atom stereocenters. The first-order valence-corrected chi connectivity index (χ1v) is 22.2. The fourth-order valence-corrected chi connectivity index (χ4v) is 13.0. The van der Waals surface area contributed by atoms with Crippen LogP contribution in [0.4, 0.5) is 0 Å². The fraction of sp³-hybridized carbons (Fsp3) is 0.549. The number of ether oxygens (including phenoxy) is 4. The molecule has 60 heavy (non-hydrogen) atoms. The summed E-state index contributed by atoms with van der Waals surface area (Å²) in [6.07, 6.45) is 1.70. The van der Waals surface area contributed by atoms with Gasteiger partial charge in [-0.2, -0.15) is 0 Å². The van der Waals surface area contributed by atoms with Gasteiger partial charge in [-0.05, 0) is 109 Å². The molecule has 3 aromatic carbocycles. The number of hydrogen-bond donors (Lipinski definition) is 0. The molecule has 4 saturated carbocycles. The Balaban J connectivity index is 1.18. The van der Waals surface area contributed by atoms with E-state index >= 15 is 0 Å². The Hall–Kier alpha value is -4.79. The highest BCUT2D eigenvalue weighted by Crippen LogP contribution is 2.69. The van der Waals surface area contributed by atoms with Gasteiger partial charge in [0.05, 0.1) is 16.7 Å². The van der Waals surface area contributed by atoms with E-state index < -0.39 is 58.9 Å². The summed E-state index contributed by atoms with van der Waals surface area (Å²) in [5.74, 6) is -2.45. The summed E-state index contributed by atoms with van der Waals surface area (Å²) in [5, 5.41) is 0. The van der Waals surface area contributed by atoms with Gasteiger partial charge in [-0.3, -0.25) is 9.59 Å². The van der Waals surface area contributed by atoms with E-state index in [4.69, 9.17) is 18.9 Å². The Kier molecular flexibility index (Phi) is 11.6. The lowest BCUT2D eigenvalue weighted by Gasteiger charge is -2.65. The van der Waals surface area contributed by atoms with Gasteiger partial charge in [0.1, 0.15) is 30.2 Å². The van der Waals surface area contributed by atoms with E-state index in [0.29, 0.717) is 48.3 Å². The molecular formula is C51H60O9. The van der Waals surface area contributed by atoms with Crippen LogP contribution in [0.15, 0.2) is 91.0 Å². The molecule has 14 atom stereocenters. The second kappa shape index (κ2) is 16.6. The minimum atomic E-state index is -0.853. The zero-order valence-corrected chi connectivity index (χ0v) is 35.8. The second-order valence-corrected chi connectivity index (χ2v) is 19.5. The van der Waals surface area contributed by atoms with Gasteiger partial charge in [0.25, 0.3) is 0 Å². The zero-order chi connectivity index (χ0) is 42.5. The molecule has 0 amide bonds. The highest BCUT2D eigenvalue weighted by atomic mass is 16.6. The molecule has 0 bridgehead atoms. The van der Waals surface area contributed by atoms with Gasteiger partial charge in [0.15, 0.2) is 0 Å². The van der Waals surface area contributed by atoms with Gasteiger partial charge in [-0.15, -0.1) is 0 Å². The zero-order valence-electron chi connectivity index (χ0n) is 35.8. The maximum atomic E-state index is 14.9. The summed E-state index contributed by atoms with van der Waals surface area (Å²) >= 11 is 0. The van der Waals surface area contributed by atoms with Gasteiger partial charge in [0, 0.05) is 36.5 Å². The van der Waals surface area contributed by atoms with Gasteiger partial charge in [0.2, 0.25) is 0 Å². The molecule has 0 radical (unpaired) electrons. The standard InChI is InChI=1S/C51H60O9/c1-29(2)35-26-40(57-41(53)27-35)30(3)37-28-38(52)44-42-36(22-24-51(37,44)6)50(5)25-23-39(58-47(54)32-16-10-7-11-17-32)46(60-49(56)34-20-14-9-15-21-34)43(50)31(4)45(42)59-48(55)33-18-12-8-13-19-33/h7-21,29-31,35-37,39-40,42-46H,22-28H2,1-6H3/t30?,31-,35?,36?,37?,39-,40?,42?,43?,44?,45+,46+,50-,51-/m1/s1. The van der Waals surface area contributed by atoms with Gasteiger partial charge in [-0.25, -0.2) is 14.4 Å². The van der Waals surface area contributed by atoms with Crippen molar-refractivity contribution in [3.8, 4) is 0 Å². The van der Waals surface area contributed by atoms with Crippen molar-refractivity contribution in [1.82, 2.24) is 0 Å². The predicted octanol–water partition coefficient (Wildman–Crippen LogP) is 9.58. The average molecular weight is 817 g/mol. The van der Waals surface area contributed by atoms with Crippen molar-refractivity contribution >= 4 is 29.7 Å². The van der Waals surface area contributed by atoms with E-state index in [-0.39, 0.29) is 53.4 Å². The lowest BCUT2D eigenvalue weighted by molar-refractivity contribution is -0.229.